The summed E-state index contributed by atoms with van der Waals surface area (Å²) in [7, 11) is 1.82. The number of aliphatic carboxylic acids is 1. The fourth-order valence-corrected chi connectivity index (χ4v) is 0.581. The summed E-state index contributed by atoms with van der Waals surface area (Å²) in [5.74, 6) is -1.14. The summed E-state index contributed by atoms with van der Waals surface area (Å²) < 4.78 is 0. The van der Waals surface area contributed by atoms with Crippen molar-refractivity contribution in [3.05, 3.63) is 12.2 Å². The average molecular weight is 142 g/mol. The van der Waals surface area contributed by atoms with Gasteiger partial charge in [-0.05, 0) is 32.0 Å². The second-order valence-electron chi connectivity index (χ2n) is 2.10. The number of carbonyl (C=O) groups is 1. The van der Waals surface area contributed by atoms with Crippen molar-refractivity contribution in [1.29, 1.82) is 0 Å². The van der Waals surface area contributed by atoms with Gasteiger partial charge in [0.1, 0.15) is 0 Å². The number of rotatable bonds is 5. The maximum atomic E-state index is 10.1. The Morgan fingerprint density at radius 2 is 2.30 bits per heavy atom. The maximum Gasteiger partial charge on any atom is 0.0668 e. The van der Waals surface area contributed by atoms with Crippen LogP contribution in [-0.2, 0) is 4.79 Å². The van der Waals surface area contributed by atoms with Crippen LogP contribution in [0.15, 0.2) is 12.2 Å². The van der Waals surface area contributed by atoms with E-state index >= 15 is 0 Å². The van der Waals surface area contributed by atoms with Crippen LogP contribution in [0.4, 0.5) is 0 Å². The molecule has 0 radical (unpaired) electrons. The average Bonchev–Trinajstić information content (AvgIpc) is 1.88. The fourth-order valence-electron chi connectivity index (χ4n) is 0.581. The van der Waals surface area contributed by atoms with E-state index in [1.165, 1.54) is 0 Å². The molecule has 0 aromatic rings. The summed E-state index contributed by atoms with van der Waals surface area (Å²) in [6.07, 6.45) is 1.30. The summed E-state index contributed by atoms with van der Waals surface area (Å²) in [5, 5.41) is 13.0. The molecule has 0 aliphatic carbocycles. The van der Waals surface area contributed by atoms with Gasteiger partial charge in [0.2, 0.25) is 0 Å². The molecule has 0 saturated heterocycles. The van der Waals surface area contributed by atoms with Crippen molar-refractivity contribution in [3.8, 4) is 0 Å². The normalized spacial score (nSPS) is 9.30. The zero-order valence-electron chi connectivity index (χ0n) is 6.14. The fraction of sp³-hybridized carbons (Fsp3) is 0.571. The van der Waals surface area contributed by atoms with Crippen molar-refractivity contribution in [1.82, 2.24) is 5.32 Å². The minimum Gasteiger partial charge on any atom is -0.545 e. The van der Waals surface area contributed by atoms with Crippen LogP contribution in [0.5, 0.6) is 0 Å². The van der Waals surface area contributed by atoms with Crippen molar-refractivity contribution in [2.24, 2.45) is 0 Å². The van der Waals surface area contributed by atoms with Gasteiger partial charge < -0.3 is 15.2 Å². The smallest absolute Gasteiger partial charge is 0.0668 e. The molecular weight excluding hydrogens is 130 g/mol. The standard InChI is InChI=1S/C7H13NO2/c1-6(7(9)10)4-3-5-8-2/h8H,1,3-5H2,2H3,(H,9,10)/p-1. The van der Waals surface area contributed by atoms with Gasteiger partial charge in [-0.3, -0.25) is 0 Å². The molecule has 0 spiro atoms. The molecule has 0 bridgehead atoms. The Morgan fingerprint density at radius 1 is 1.70 bits per heavy atom. The summed E-state index contributed by atoms with van der Waals surface area (Å²) in [6.45, 7) is 4.15. The first-order valence-electron chi connectivity index (χ1n) is 3.22. The molecule has 0 rings (SSSR count). The Bertz CT molecular complexity index is 132. The molecule has 0 aliphatic heterocycles. The van der Waals surface area contributed by atoms with Crippen LogP contribution >= 0.6 is 0 Å². The quantitative estimate of drug-likeness (QED) is 0.407. The molecule has 3 heteroatoms. The Hall–Kier alpha value is -0.830. The highest BCUT2D eigenvalue weighted by molar-refractivity contribution is 5.83. The number of hydrogen-bond acceptors (Lipinski definition) is 3. The third-order valence-corrected chi connectivity index (χ3v) is 1.19. The molecule has 0 saturated carbocycles. The SMILES string of the molecule is C=C(CCCNC)C(=O)[O-]. The van der Waals surface area contributed by atoms with Gasteiger partial charge >= 0.3 is 0 Å². The van der Waals surface area contributed by atoms with Gasteiger partial charge in [0.15, 0.2) is 0 Å². The monoisotopic (exact) mass is 142 g/mol. The second-order valence-corrected chi connectivity index (χ2v) is 2.10. The van der Waals surface area contributed by atoms with Crippen molar-refractivity contribution < 1.29 is 9.90 Å². The van der Waals surface area contributed by atoms with Gasteiger partial charge in [0.05, 0.1) is 5.97 Å². The first-order chi connectivity index (χ1) is 4.68. The van der Waals surface area contributed by atoms with E-state index in [9.17, 15) is 9.90 Å². The molecule has 0 aromatic carbocycles. The zero-order chi connectivity index (χ0) is 7.98. The van der Waals surface area contributed by atoms with Gasteiger partial charge in [0.25, 0.3) is 0 Å². The largest absolute Gasteiger partial charge is 0.545 e. The van der Waals surface area contributed by atoms with E-state index < -0.39 is 5.97 Å². The number of hydrogen-bond donors (Lipinski definition) is 1. The molecule has 3 nitrogen and oxygen atoms in total. The summed E-state index contributed by atoms with van der Waals surface area (Å²) in [5.41, 5.74) is 0.176. The van der Waals surface area contributed by atoms with Gasteiger partial charge in [-0.1, -0.05) is 6.58 Å². The lowest BCUT2D eigenvalue weighted by Gasteiger charge is -2.04. The minimum atomic E-state index is -1.14. The topological polar surface area (TPSA) is 52.2 Å². The molecule has 0 unspecified atom stereocenters. The van der Waals surface area contributed by atoms with Gasteiger partial charge in [0, 0.05) is 0 Å². The predicted molar refractivity (Wildman–Crippen MR) is 37.3 cm³/mol. The molecular formula is C7H12NO2-. The Kier molecular flexibility index (Phi) is 4.58. The highest BCUT2D eigenvalue weighted by atomic mass is 16.4. The third kappa shape index (κ3) is 4.09. The lowest BCUT2D eigenvalue weighted by molar-refractivity contribution is -0.299. The van der Waals surface area contributed by atoms with Crippen LogP contribution in [0.3, 0.4) is 0 Å². The number of nitrogens with one attached hydrogen (secondary N) is 1. The molecule has 0 heterocycles. The van der Waals surface area contributed by atoms with Crippen molar-refractivity contribution in [3.63, 3.8) is 0 Å². The molecule has 1 N–H and O–H groups in total. The molecule has 0 atom stereocenters. The van der Waals surface area contributed by atoms with E-state index in [0.29, 0.717) is 6.42 Å². The third-order valence-electron chi connectivity index (χ3n) is 1.19. The van der Waals surface area contributed by atoms with E-state index in [2.05, 4.69) is 11.9 Å². The maximum absolute atomic E-state index is 10.1. The van der Waals surface area contributed by atoms with Crippen LogP contribution in [-0.4, -0.2) is 19.6 Å². The molecule has 10 heavy (non-hydrogen) atoms. The number of carbonyl (C=O) groups excluding carboxylic acids is 1. The van der Waals surface area contributed by atoms with Crippen LogP contribution in [0.1, 0.15) is 12.8 Å². The lowest BCUT2D eigenvalue weighted by Crippen LogP contribution is -2.24. The Morgan fingerprint density at radius 3 is 2.70 bits per heavy atom. The van der Waals surface area contributed by atoms with Gasteiger partial charge in [-0.25, -0.2) is 0 Å². The summed E-state index contributed by atoms with van der Waals surface area (Å²) in [6, 6.07) is 0. The summed E-state index contributed by atoms with van der Waals surface area (Å²) in [4.78, 5) is 10.1. The second kappa shape index (κ2) is 4.99. The molecule has 0 amide bonds. The first kappa shape index (κ1) is 9.17. The molecule has 0 aromatic heterocycles. The van der Waals surface area contributed by atoms with E-state index in [1.807, 2.05) is 7.05 Å². The highest BCUT2D eigenvalue weighted by Gasteiger charge is 1.92. The lowest BCUT2D eigenvalue weighted by atomic mass is 10.2. The van der Waals surface area contributed by atoms with Crippen LogP contribution < -0.4 is 10.4 Å². The molecule has 58 valence electrons. The Labute approximate surface area is 60.7 Å². The Balaban J connectivity index is 3.31. The van der Waals surface area contributed by atoms with Gasteiger partial charge in [-0.15, -0.1) is 0 Å². The van der Waals surface area contributed by atoms with Crippen molar-refractivity contribution >= 4 is 5.97 Å². The van der Waals surface area contributed by atoms with E-state index in [4.69, 9.17) is 0 Å². The molecule has 0 fully saturated rings. The van der Waals surface area contributed by atoms with Crippen LogP contribution in [0.25, 0.3) is 0 Å². The molecule has 0 aliphatic rings. The van der Waals surface area contributed by atoms with E-state index in [-0.39, 0.29) is 5.57 Å². The van der Waals surface area contributed by atoms with Gasteiger partial charge in [-0.2, -0.15) is 0 Å². The van der Waals surface area contributed by atoms with E-state index in [0.717, 1.165) is 13.0 Å². The first-order valence-corrected chi connectivity index (χ1v) is 3.22. The minimum absolute atomic E-state index is 0.176. The van der Waals surface area contributed by atoms with E-state index in [1.54, 1.807) is 0 Å². The van der Waals surface area contributed by atoms with Crippen molar-refractivity contribution in [2.45, 2.75) is 12.8 Å². The van der Waals surface area contributed by atoms with Crippen LogP contribution in [0.2, 0.25) is 0 Å². The highest BCUT2D eigenvalue weighted by Crippen LogP contribution is 1.98. The zero-order valence-corrected chi connectivity index (χ0v) is 6.14. The number of carboxylic acids is 1. The predicted octanol–water partition coefficient (Wildman–Crippen LogP) is -0.708. The number of carboxylic acid groups (broad SMARTS) is 1. The van der Waals surface area contributed by atoms with Crippen LogP contribution in [0, 0.1) is 0 Å². The summed E-state index contributed by atoms with van der Waals surface area (Å²) >= 11 is 0. The van der Waals surface area contributed by atoms with Crippen molar-refractivity contribution in [2.75, 3.05) is 13.6 Å².